The SMILES string of the molecule is COC(=O)C(Cc1ccccc1)C(=O)NC(Cc1cccc(NS(=O)(=O)O)c1)c1nc(C2CCCCC2)cs1. The Bertz CT molecular complexity index is 1370. The van der Waals surface area contributed by atoms with E-state index in [1.165, 1.54) is 43.8 Å². The fraction of sp³-hybridized carbons (Fsp3) is 0.393. The number of nitrogens with one attached hydrogen (secondary N) is 2. The fourth-order valence-corrected chi connectivity index (χ4v) is 6.32. The molecule has 39 heavy (non-hydrogen) atoms. The number of aromatic nitrogens is 1. The highest BCUT2D eigenvalue weighted by Gasteiger charge is 2.31. The van der Waals surface area contributed by atoms with Crippen LogP contribution in [0.25, 0.3) is 0 Å². The maximum atomic E-state index is 13.5. The highest BCUT2D eigenvalue weighted by atomic mass is 32.2. The minimum Gasteiger partial charge on any atom is -0.468 e. The summed E-state index contributed by atoms with van der Waals surface area (Å²) < 4.78 is 38.8. The molecule has 0 radical (unpaired) electrons. The van der Waals surface area contributed by atoms with Crippen molar-refractivity contribution in [2.75, 3.05) is 11.8 Å². The van der Waals surface area contributed by atoms with E-state index in [1.807, 2.05) is 35.7 Å². The van der Waals surface area contributed by atoms with E-state index in [-0.39, 0.29) is 12.1 Å². The number of nitrogens with zero attached hydrogens (tertiary/aromatic N) is 1. The van der Waals surface area contributed by atoms with Gasteiger partial charge in [-0.15, -0.1) is 11.3 Å². The van der Waals surface area contributed by atoms with Crippen molar-refractivity contribution in [1.29, 1.82) is 0 Å². The van der Waals surface area contributed by atoms with Crippen LogP contribution in [-0.2, 0) is 37.5 Å². The summed E-state index contributed by atoms with van der Waals surface area (Å²) in [6, 6.07) is 15.3. The van der Waals surface area contributed by atoms with Gasteiger partial charge in [-0.2, -0.15) is 8.42 Å². The molecule has 3 aromatic rings. The number of hydrogen-bond donors (Lipinski definition) is 3. The molecule has 2 unspecified atom stereocenters. The van der Waals surface area contributed by atoms with Gasteiger partial charge in [0.1, 0.15) is 10.9 Å². The first-order valence-electron chi connectivity index (χ1n) is 12.9. The van der Waals surface area contributed by atoms with Gasteiger partial charge >= 0.3 is 16.3 Å². The van der Waals surface area contributed by atoms with E-state index in [0.29, 0.717) is 22.9 Å². The number of benzene rings is 2. The summed E-state index contributed by atoms with van der Waals surface area (Å²) >= 11 is 1.46. The van der Waals surface area contributed by atoms with Crippen molar-refractivity contribution >= 4 is 39.2 Å². The third-order valence-electron chi connectivity index (χ3n) is 6.88. The molecule has 0 aliphatic heterocycles. The molecule has 2 atom stereocenters. The van der Waals surface area contributed by atoms with Crippen LogP contribution in [0.5, 0.6) is 0 Å². The number of ether oxygens (including phenoxy) is 1. The van der Waals surface area contributed by atoms with Crippen molar-refractivity contribution in [3.63, 3.8) is 0 Å². The lowest BCUT2D eigenvalue weighted by Gasteiger charge is -2.22. The van der Waals surface area contributed by atoms with Gasteiger partial charge < -0.3 is 10.1 Å². The molecule has 0 bridgehead atoms. The zero-order valence-corrected chi connectivity index (χ0v) is 23.3. The number of carbonyl (C=O) groups excluding carboxylic acids is 2. The fourth-order valence-electron chi connectivity index (χ4n) is 4.94. The second-order valence-electron chi connectivity index (χ2n) is 9.75. The third kappa shape index (κ3) is 8.35. The highest BCUT2D eigenvalue weighted by Crippen LogP contribution is 2.35. The second kappa shape index (κ2) is 13.2. The summed E-state index contributed by atoms with van der Waals surface area (Å²) in [6.07, 6.45) is 6.23. The van der Waals surface area contributed by atoms with Crippen LogP contribution in [-0.4, -0.2) is 36.9 Å². The largest absolute Gasteiger partial charge is 0.468 e. The zero-order valence-electron chi connectivity index (χ0n) is 21.7. The molecule has 0 spiro atoms. The van der Waals surface area contributed by atoms with Gasteiger partial charge in [0.25, 0.3) is 0 Å². The molecule has 11 heteroatoms. The number of esters is 1. The van der Waals surface area contributed by atoms with E-state index >= 15 is 0 Å². The summed E-state index contributed by atoms with van der Waals surface area (Å²) in [6.45, 7) is 0. The second-order valence-corrected chi connectivity index (χ2v) is 11.8. The van der Waals surface area contributed by atoms with Crippen molar-refractivity contribution < 1.29 is 27.3 Å². The lowest BCUT2D eigenvalue weighted by Crippen LogP contribution is -2.40. The Morgan fingerprint density at radius 3 is 2.46 bits per heavy atom. The Balaban J connectivity index is 1.60. The van der Waals surface area contributed by atoms with Crippen molar-refractivity contribution in [3.05, 3.63) is 81.8 Å². The van der Waals surface area contributed by atoms with E-state index in [4.69, 9.17) is 9.72 Å². The van der Waals surface area contributed by atoms with Crippen LogP contribution >= 0.6 is 11.3 Å². The average molecular weight is 572 g/mol. The van der Waals surface area contributed by atoms with Gasteiger partial charge in [0.2, 0.25) is 5.91 Å². The molecule has 2 aromatic carbocycles. The van der Waals surface area contributed by atoms with Crippen LogP contribution in [0.2, 0.25) is 0 Å². The number of thiazole rings is 1. The first kappa shape index (κ1) is 28.7. The number of hydrogen-bond acceptors (Lipinski definition) is 7. The van der Waals surface area contributed by atoms with Crippen LogP contribution in [0.3, 0.4) is 0 Å². The first-order chi connectivity index (χ1) is 18.7. The minimum absolute atomic E-state index is 0.186. The number of anilines is 1. The molecule has 1 aliphatic carbocycles. The summed E-state index contributed by atoms with van der Waals surface area (Å²) in [4.78, 5) is 31.1. The van der Waals surface area contributed by atoms with Gasteiger partial charge in [-0.05, 0) is 48.9 Å². The first-order valence-corrected chi connectivity index (χ1v) is 15.3. The molecule has 1 saturated carbocycles. The molecule has 1 aliphatic rings. The van der Waals surface area contributed by atoms with Gasteiger partial charge in [0, 0.05) is 11.3 Å². The summed E-state index contributed by atoms with van der Waals surface area (Å²) in [5.41, 5.74) is 2.75. The Morgan fingerprint density at radius 1 is 1.05 bits per heavy atom. The minimum atomic E-state index is -4.44. The van der Waals surface area contributed by atoms with E-state index in [2.05, 4.69) is 10.0 Å². The van der Waals surface area contributed by atoms with E-state index in [9.17, 15) is 22.6 Å². The summed E-state index contributed by atoms with van der Waals surface area (Å²) in [5.74, 6) is -1.76. The predicted octanol–water partition coefficient (Wildman–Crippen LogP) is 4.84. The number of carbonyl (C=O) groups is 2. The number of rotatable bonds is 11. The zero-order chi connectivity index (χ0) is 27.8. The normalized spacial score (nSPS) is 15.7. The maximum absolute atomic E-state index is 13.5. The monoisotopic (exact) mass is 571 g/mol. The predicted molar refractivity (Wildman–Crippen MR) is 150 cm³/mol. The van der Waals surface area contributed by atoms with Gasteiger partial charge in [0.15, 0.2) is 0 Å². The maximum Gasteiger partial charge on any atom is 0.357 e. The average Bonchev–Trinajstić information content (AvgIpc) is 3.42. The quantitative estimate of drug-likeness (QED) is 0.170. The summed E-state index contributed by atoms with van der Waals surface area (Å²) in [7, 11) is -3.18. The van der Waals surface area contributed by atoms with Gasteiger partial charge in [-0.25, -0.2) is 4.98 Å². The molecule has 3 N–H and O–H groups in total. The standard InChI is InChI=1S/C28H33N3O6S2/c1-37-28(33)23(16-19-9-4-2-5-10-19)26(32)29-24(17-20-11-8-14-22(15-20)31-39(34,35)36)27-30-25(18-38-27)21-12-6-3-7-13-21/h2,4-5,8-11,14-15,18,21,23-24,31H,3,6-7,12-13,16-17H2,1H3,(H,29,32)(H,34,35,36). The molecule has 9 nitrogen and oxygen atoms in total. The smallest absolute Gasteiger partial charge is 0.357 e. The molecule has 1 amide bonds. The van der Waals surface area contributed by atoms with Gasteiger partial charge in [0.05, 0.1) is 24.5 Å². The molecule has 208 valence electrons. The Labute approximate surface area is 232 Å². The van der Waals surface area contributed by atoms with Crippen LogP contribution in [0.15, 0.2) is 60.0 Å². The number of amides is 1. The Kier molecular flexibility index (Phi) is 9.71. The molecule has 0 saturated heterocycles. The Morgan fingerprint density at radius 2 is 1.77 bits per heavy atom. The van der Waals surface area contributed by atoms with E-state index in [0.717, 1.165) is 24.1 Å². The van der Waals surface area contributed by atoms with Gasteiger partial charge in [-0.1, -0.05) is 61.7 Å². The van der Waals surface area contributed by atoms with Gasteiger partial charge in [-0.3, -0.25) is 18.9 Å². The molecular formula is C28H33N3O6S2. The molecule has 1 heterocycles. The van der Waals surface area contributed by atoms with Crippen molar-refractivity contribution in [2.24, 2.45) is 5.92 Å². The van der Waals surface area contributed by atoms with Crippen LogP contribution in [0, 0.1) is 5.92 Å². The van der Waals surface area contributed by atoms with E-state index in [1.54, 1.807) is 18.2 Å². The van der Waals surface area contributed by atoms with Crippen molar-refractivity contribution in [3.8, 4) is 0 Å². The van der Waals surface area contributed by atoms with Crippen LogP contribution in [0.1, 0.15) is 65.9 Å². The Hall–Kier alpha value is -3.28. The summed E-state index contributed by atoms with van der Waals surface area (Å²) in [5, 5.41) is 5.77. The molecule has 1 aromatic heterocycles. The van der Waals surface area contributed by atoms with Crippen LogP contribution < -0.4 is 10.0 Å². The van der Waals surface area contributed by atoms with Crippen LogP contribution in [0.4, 0.5) is 5.69 Å². The topological polar surface area (TPSA) is 135 Å². The molecule has 4 rings (SSSR count). The number of methoxy groups -OCH3 is 1. The van der Waals surface area contributed by atoms with Crippen molar-refractivity contribution in [1.82, 2.24) is 10.3 Å². The lowest BCUT2D eigenvalue weighted by atomic mass is 9.87. The van der Waals surface area contributed by atoms with Crippen molar-refractivity contribution in [2.45, 2.75) is 56.9 Å². The highest BCUT2D eigenvalue weighted by molar-refractivity contribution is 7.87. The molecular weight excluding hydrogens is 538 g/mol. The lowest BCUT2D eigenvalue weighted by molar-refractivity contribution is -0.150. The molecule has 1 fully saturated rings. The third-order valence-corrected chi connectivity index (χ3v) is 8.35. The van der Waals surface area contributed by atoms with E-state index < -0.39 is 34.1 Å².